The highest BCUT2D eigenvalue weighted by atomic mass is 32.2. The van der Waals surface area contributed by atoms with Gasteiger partial charge in [0.25, 0.3) is 0 Å². The third-order valence-corrected chi connectivity index (χ3v) is 3.28. The van der Waals surface area contributed by atoms with Gasteiger partial charge in [-0.1, -0.05) is 38.8 Å². The van der Waals surface area contributed by atoms with Crippen molar-refractivity contribution in [1.82, 2.24) is 4.57 Å². The van der Waals surface area contributed by atoms with Crippen LogP contribution in [0.15, 0.2) is 30.6 Å². The lowest BCUT2D eigenvalue weighted by Gasteiger charge is -1.94. The summed E-state index contributed by atoms with van der Waals surface area (Å²) in [6.07, 6.45) is 7.91. The molecule has 0 N–H and O–H groups in total. The van der Waals surface area contributed by atoms with E-state index in [1.54, 1.807) is 0 Å². The van der Waals surface area contributed by atoms with E-state index in [1.807, 2.05) is 0 Å². The summed E-state index contributed by atoms with van der Waals surface area (Å²) in [5, 5.41) is 0. The molecule has 124 valence electrons. The predicted octanol–water partition coefficient (Wildman–Crippen LogP) is 2.69. The minimum absolute atomic E-state index is 0.604. The molecule has 0 aliphatic carbocycles. The monoisotopic (exact) mass is 326 g/mol. The van der Waals surface area contributed by atoms with Crippen molar-refractivity contribution in [3.63, 3.8) is 0 Å². The lowest BCUT2D eigenvalue weighted by Crippen LogP contribution is -2.32. The van der Waals surface area contributed by atoms with Gasteiger partial charge in [-0.05, 0) is 25.0 Å². The van der Waals surface area contributed by atoms with Crippen LogP contribution in [0.2, 0.25) is 0 Å². The van der Waals surface area contributed by atoms with Crippen LogP contribution in [0.3, 0.4) is 0 Å². The highest BCUT2D eigenvalue weighted by Gasteiger charge is 2.13. The number of benzene rings is 1. The molecule has 1 aromatic carbocycles. The minimum atomic E-state index is -3.92. The van der Waals surface area contributed by atoms with Gasteiger partial charge in [-0.2, -0.15) is 0 Å². The first-order valence-corrected chi connectivity index (χ1v) is 9.56. The summed E-state index contributed by atoms with van der Waals surface area (Å²) in [6.45, 7) is 6.76. The average Bonchev–Trinajstić information content (AvgIpc) is 2.79. The van der Waals surface area contributed by atoms with Crippen molar-refractivity contribution in [3.05, 3.63) is 30.6 Å². The Morgan fingerprint density at radius 2 is 1.73 bits per heavy atom. The van der Waals surface area contributed by atoms with E-state index >= 15 is 0 Å². The molecule has 2 aromatic rings. The first kappa shape index (κ1) is 18.6. The second kappa shape index (κ2) is 8.90. The number of hydrogen-bond acceptors (Lipinski definition) is 3. The average molecular weight is 326 g/mol. The summed E-state index contributed by atoms with van der Waals surface area (Å²) in [4.78, 5) is 0. The van der Waals surface area contributed by atoms with Crippen molar-refractivity contribution in [2.75, 3.05) is 6.26 Å². The Labute approximate surface area is 133 Å². The zero-order chi connectivity index (χ0) is 16.6. The maximum atomic E-state index is 9.08. The second-order valence-corrected chi connectivity index (χ2v) is 6.81. The number of fused-ring (bicyclic) bond motifs is 1. The molecule has 0 bridgehead atoms. The number of aromatic nitrogens is 2. The molecule has 0 amide bonds. The first-order valence-electron chi connectivity index (χ1n) is 7.75. The largest absolute Gasteiger partial charge is 0.748 e. The van der Waals surface area contributed by atoms with Crippen LogP contribution in [0, 0.1) is 0 Å². The Morgan fingerprint density at radius 1 is 1.14 bits per heavy atom. The van der Waals surface area contributed by atoms with Gasteiger partial charge in [0.1, 0.15) is 0 Å². The molecule has 0 aliphatic heterocycles. The third kappa shape index (κ3) is 6.58. The van der Waals surface area contributed by atoms with Crippen molar-refractivity contribution in [2.24, 2.45) is 0 Å². The van der Waals surface area contributed by atoms with E-state index in [0.717, 1.165) is 13.1 Å². The molecule has 1 aromatic heterocycles. The van der Waals surface area contributed by atoms with Gasteiger partial charge in [-0.25, -0.2) is 17.6 Å². The normalized spacial score (nSPS) is 11.3. The van der Waals surface area contributed by atoms with Gasteiger partial charge < -0.3 is 4.55 Å². The zero-order valence-electron chi connectivity index (χ0n) is 13.7. The minimum Gasteiger partial charge on any atom is -0.748 e. The molecular weight excluding hydrogens is 300 g/mol. The zero-order valence-corrected chi connectivity index (χ0v) is 14.5. The molecule has 0 saturated carbocycles. The SMILES string of the molecule is CCCCn1c[n+](CCCC)c2ccccc21.CS(=O)(=O)[O-]. The smallest absolute Gasteiger partial charge is 0.244 e. The van der Waals surface area contributed by atoms with E-state index in [0.29, 0.717) is 6.26 Å². The molecule has 0 radical (unpaired) electrons. The lowest BCUT2D eigenvalue weighted by atomic mass is 10.3. The van der Waals surface area contributed by atoms with Crippen LogP contribution in [0.25, 0.3) is 11.0 Å². The maximum absolute atomic E-state index is 9.08. The molecule has 1 heterocycles. The van der Waals surface area contributed by atoms with E-state index in [4.69, 9.17) is 13.0 Å². The van der Waals surface area contributed by atoms with E-state index in [-0.39, 0.29) is 0 Å². The number of rotatable bonds is 6. The van der Waals surface area contributed by atoms with Gasteiger partial charge in [0, 0.05) is 6.26 Å². The van der Waals surface area contributed by atoms with Crippen molar-refractivity contribution in [3.8, 4) is 0 Å². The highest BCUT2D eigenvalue weighted by molar-refractivity contribution is 7.84. The fraction of sp³-hybridized carbons (Fsp3) is 0.562. The number of unbranched alkanes of at least 4 members (excludes halogenated alkanes) is 2. The Bertz CT molecular complexity index is 628. The molecule has 5 nitrogen and oxygen atoms in total. The standard InChI is InChI=1S/C15H23N2.CH4O3S/c1-3-5-11-16-13-17(12-6-4-2)15-10-8-7-9-14(15)16;1-5(2,3)4/h7-10,13H,3-6,11-12H2,1-2H3;1H3,(H,2,3,4)/q+1;/p-1. The van der Waals surface area contributed by atoms with Crippen molar-refractivity contribution >= 4 is 21.2 Å². The third-order valence-electron chi connectivity index (χ3n) is 3.28. The van der Waals surface area contributed by atoms with Gasteiger partial charge in [-0.3, -0.25) is 0 Å². The Kier molecular flexibility index (Phi) is 7.55. The Hall–Kier alpha value is -1.40. The van der Waals surface area contributed by atoms with Crippen LogP contribution in [0.1, 0.15) is 39.5 Å². The molecular formula is C16H26N2O3S. The number of imidazole rings is 1. The lowest BCUT2D eigenvalue weighted by molar-refractivity contribution is -0.672. The van der Waals surface area contributed by atoms with E-state index in [9.17, 15) is 0 Å². The van der Waals surface area contributed by atoms with Crippen molar-refractivity contribution in [2.45, 2.75) is 52.6 Å². The summed E-state index contributed by atoms with van der Waals surface area (Å²) < 4.78 is 32.0. The summed E-state index contributed by atoms with van der Waals surface area (Å²) in [5.74, 6) is 0. The molecule has 0 spiro atoms. The van der Waals surface area contributed by atoms with Crippen LogP contribution < -0.4 is 4.57 Å². The number of nitrogens with zero attached hydrogens (tertiary/aromatic N) is 2. The van der Waals surface area contributed by atoms with Crippen molar-refractivity contribution < 1.29 is 17.5 Å². The molecule has 0 aliphatic rings. The second-order valence-electron chi connectivity index (χ2n) is 5.40. The molecule has 0 saturated heterocycles. The first-order chi connectivity index (χ1) is 10.4. The van der Waals surface area contributed by atoms with Gasteiger partial charge in [0.2, 0.25) is 6.33 Å². The summed E-state index contributed by atoms with van der Waals surface area (Å²) >= 11 is 0. The molecule has 22 heavy (non-hydrogen) atoms. The van der Waals surface area contributed by atoms with Crippen LogP contribution in [-0.2, 0) is 23.2 Å². The van der Waals surface area contributed by atoms with Gasteiger partial charge in [-0.15, -0.1) is 0 Å². The summed E-state index contributed by atoms with van der Waals surface area (Å²) in [7, 11) is -3.92. The fourth-order valence-electron chi connectivity index (χ4n) is 2.26. The number of hydrogen-bond donors (Lipinski definition) is 0. The molecule has 6 heteroatoms. The van der Waals surface area contributed by atoms with Crippen LogP contribution >= 0.6 is 0 Å². The Balaban J connectivity index is 0.000000422. The van der Waals surface area contributed by atoms with Gasteiger partial charge in [0.15, 0.2) is 11.0 Å². The Morgan fingerprint density at radius 3 is 2.32 bits per heavy atom. The van der Waals surface area contributed by atoms with E-state index in [2.05, 4.69) is 53.6 Å². The van der Waals surface area contributed by atoms with Gasteiger partial charge >= 0.3 is 0 Å². The predicted molar refractivity (Wildman–Crippen MR) is 87.6 cm³/mol. The number of aryl methyl sites for hydroxylation is 2. The van der Waals surface area contributed by atoms with Crippen LogP contribution in [-0.4, -0.2) is 23.8 Å². The van der Waals surface area contributed by atoms with Crippen molar-refractivity contribution in [1.29, 1.82) is 0 Å². The fourth-order valence-corrected chi connectivity index (χ4v) is 2.26. The van der Waals surface area contributed by atoms with E-state index < -0.39 is 10.1 Å². The van der Waals surface area contributed by atoms with E-state index in [1.165, 1.54) is 36.7 Å². The molecule has 0 atom stereocenters. The molecule has 0 unspecified atom stereocenters. The summed E-state index contributed by atoms with van der Waals surface area (Å²) in [6, 6.07) is 8.73. The molecule has 2 rings (SSSR count). The van der Waals surface area contributed by atoms with Crippen LogP contribution in [0.4, 0.5) is 0 Å². The highest BCUT2D eigenvalue weighted by Crippen LogP contribution is 2.12. The topological polar surface area (TPSA) is 66.0 Å². The maximum Gasteiger partial charge on any atom is 0.244 e. The summed E-state index contributed by atoms with van der Waals surface area (Å²) in [5.41, 5.74) is 2.74. The van der Waals surface area contributed by atoms with Crippen LogP contribution in [0.5, 0.6) is 0 Å². The van der Waals surface area contributed by atoms with Gasteiger partial charge in [0.05, 0.1) is 23.2 Å². The number of para-hydroxylation sites is 2. The molecule has 0 fully saturated rings. The quantitative estimate of drug-likeness (QED) is 0.605.